The summed E-state index contributed by atoms with van der Waals surface area (Å²) in [5.41, 5.74) is 7.62. The minimum Gasteiger partial charge on any atom is -0.378 e. The topological polar surface area (TPSA) is 62.0 Å². The standard InChI is InChI=1S/C19H30N4O2/c20-18(14-17-4-2-1-3-5-17)15-21-6-8-22(9-7-21)16-19(24)23-10-12-25-13-11-23/h1-5,18H,6-16,20H2/t18-/m1/s1. The zero-order valence-corrected chi connectivity index (χ0v) is 15.0. The van der Waals surface area contributed by atoms with Gasteiger partial charge in [0, 0.05) is 51.9 Å². The summed E-state index contributed by atoms with van der Waals surface area (Å²) in [6, 6.07) is 10.6. The predicted octanol–water partition coefficient (Wildman–Crippen LogP) is 0.0328. The first-order valence-corrected chi connectivity index (χ1v) is 9.30. The van der Waals surface area contributed by atoms with Crippen LogP contribution in [0.1, 0.15) is 5.56 Å². The molecule has 2 saturated heterocycles. The highest BCUT2D eigenvalue weighted by atomic mass is 16.5. The molecule has 1 aromatic carbocycles. The number of morpholine rings is 1. The average molecular weight is 346 g/mol. The van der Waals surface area contributed by atoms with Crippen LogP contribution in [0.2, 0.25) is 0 Å². The third-order valence-electron chi connectivity index (χ3n) is 5.02. The molecule has 0 bridgehead atoms. The molecule has 2 aliphatic rings. The molecule has 0 spiro atoms. The maximum atomic E-state index is 12.3. The van der Waals surface area contributed by atoms with Crippen molar-refractivity contribution in [3.05, 3.63) is 35.9 Å². The van der Waals surface area contributed by atoms with E-state index < -0.39 is 0 Å². The van der Waals surface area contributed by atoms with Crippen molar-refractivity contribution in [1.82, 2.24) is 14.7 Å². The molecule has 1 amide bonds. The molecule has 0 aliphatic carbocycles. The second-order valence-corrected chi connectivity index (χ2v) is 7.02. The van der Waals surface area contributed by atoms with Crippen LogP contribution in [0, 0.1) is 0 Å². The van der Waals surface area contributed by atoms with Gasteiger partial charge in [-0.05, 0) is 12.0 Å². The van der Waals surface area contributed by atoms with E-state index >= 15 is 0 Å². The Bertz CT molecular complexity index is 525. The zero-order chi connectivity index (χ0) is 17.5. The van der Waals surface area contributed by atoms with Gasteiger partial charge in [-0.1, -0.05) is 30.3 Å². The van der Waals surface area contributed by atoms with Gasteiger partial charge in [-0.15, -0.1) is 0 Å². The molecule has 1 aromatic rings. The third-order valence-corrected chi connectivity index (χ3v) is 5.02. The fourth-order valence-corrected chi connectivity index (χ4v) is 3.55. The SMILES string of the molecule is N[C@H](Cc1ccccc1)CN1CCN(CC(=O)N2CCOCC2)CC1. The van der Waals surface area contributed by atoms with Crippen molar-refractivity contribution in [2.45, 2.75) is 12.5 Å². The zero-order valence-electron chi connectivity index (χ0n) is 15.0. The molecule has 138 valence electrons. The Morgan fingerprint density at radius 3 is 2.32 bits per heavy atom. The quantitative estimate of drug-likeness (QED) is 0.788. The molecule has 3 rings (SSSR count). The van der Waals surface area contributed by atoms with Gasteiger partial charge in [0.25, 0.3) is 0 Å². The lowest BCUT2D eigenvalue weighted by molar-refractivity contribution is -0.136. The van der Waals surface area contributed by atoms with Gasteiger partial charge in [-0.2, -0.15) is 0 Å². The van der Waals surface area contributed by atoms with Crippen molar-refractivity contribution >= 4 is 5.91 Å². The van der Waals surface area contributed by atoms with Crippen LogP contribution >= 0.6 is 0 Å². The van der Waals surface area contributed by atoms with Crippen LogP contribution < -0.4 is 5.73 Å². The first-order valence-electron chi connectivity index (χ1n) is 9.30. The molecule has 0 unspecified atom stereocenters. The normalized spacial score (nSPS) is 21.2. The molecule has 2 N–H and O–H groups in total. The Balaban J connectivity index is 1.36. The summed E-state index contributed by atoms with van der Waals surface area (Å²) < 4.78 is 5.31. The fourth-order valence-electron chi connectivity index (χ4n) is 3.55. The lowest BCUT2D eigenvalue weighted by Gasteiger charge is -2.36. The van der Waals surface area contributed by atoms with Gasteiger partial charge >= 0.3 is 0 Å². The third kappa shape index (κ3) is 5.78. The molecule has 25 heavy (non-hydrogen) atoms. The van der Waals surface area contributed by atoms with E-state index in [0.717, 1.165) is 52.2 Å². The summed E-state index contributed by atoms with van der Waals surface area (Å²) >= 11 is 0. The number of piperazine rings is 1. The highest BCUT2D eigenvalue weighted by Gasteiger charge is 2.23. The largest absolute Gasteiger partial charge is 0.378 e. The van der Waals surface area contributed by atoms with Crippen LogP contribution in [0.3, 0.4) is 0 Å². The molecular weight excluding hydrogens is 316 g/mol. The number of rotatable bonds is 6. The number of benzene rings is 1. The Kier molecular flexibility index (Phi) is 6.81. The van der Waals surface area contributed by atoms with Crippen LogP contribution in [0.4, 0.5) is 0 Å². The van der Waals surface area contributed by atoms with E-state index in [1.807, 2.05) is 11.0 Å². The van der Waals surface area contributed by atoms with Crippen molar-refractivity contribution in [2.24, 2.45) is 5.73 Å². The number of nitrogens with zero attached hydrogens (tertiary/aromatic N) is 3. The molecule has 6 nitrogen and oxygen atoms in total. The Morgan fingerprint density at radius 1 is 1.00 bits per heavy atom. The van der Waals surface area contributed by atoms with E-state index in [0.29, 0.717) is 19.8 Å². The number of carbonyl (C=O) groups is 1. The first kappa shape index (κ1) is 18.3. The number of nitrogens with two attached hydrogens (primary N) is 1. The summed E-state index contributed by atoms with van der Waals surface area (Å²) in [6.07, 6.45) is 0.913. The van der Waals surface area contributed by atoms with Crippen molar-refractivity contribution in [2.75, 3.05) is 65.6 Å². The van der Waals surface area contributed by atoms with E-state index in [1.165, 1.54) is 5.56 Å². The number of carbonyl (C=O) groups excluding carboxylic acids is 1. The molecule has 0 saturated carbocycles. The van der Waals surface area contributed by atoms with Gasteiger partial charge < -0.3 is 15.4 Å². The highest BCUT2D eigenvalue weighted by Crippen LogP contribution is 2.07. The van der Waals surface area contributed by atoms with E-state index in [2.05, 4.69) is 34.1 Å². The Labute approximate surface area is 150 Å². The maximum absolute atomic E-state index is 12.3. The Morgan fingerprint density at radius 2 is 1.64 bits per heavy atom. The van der Waals surface area contributed by atoms with E-state index in [9.17, 15) is 4.79 Å². The monoisotopic (exact) mass is 346 g/mol. The van der Waals surface area contributed by atoms with Crippen LogP contribution in [-0.2, 0) is 16.0 Å². The van der Waals surface area contributed by atoms with Gasteiger partial charge in [0.1, 0.15) is 0 Å². The second-order valence-electron chi connectivity index (χ2n) is 7.02. The molecule has 2 heterocycles. The van der Waals surface area contributed by atoms with Gasteiger partial charge in [0.2, 0.25) is 5.91 Å². The lowest BCUT2D eigenvalue weighted by atomic mass is 10.1. The summed E-state index contributed by atoms with van der Waals surface area (Å²) in [4.78, 5) is 18.9. The number of hydrogen-bond acceptors (Lipinski definition) is 5. The highest BCUT2D eigenvalue weighted by molar-refractivity contribution is 5.78. The fraction of sp³-hybridized carbons (Fsp3) is 0.632. The number of hydrogen-bond donors (Lipinski definition) is 1. The minimum atomic E-state index is 0.156. The number of amides is 1. The van der Waals surface area contributed by atoms with Crippen LogP contribution in [0.25, 0.3) is 0 Å². The summed E-state index contributed by atoms with van der Waals surface area (Å²) in [7, 11) is 0. The molecule has 6 heteroatoms. The lowest BCUT2D eigenvalue weighted by Crippen LogP contribution is -2.53. The Hall–Kier alpha value is -1.47. The van der Waals surface area contributed by atoms with Crippen LogP contribution in [0.5, 0.6) is 0 Å². The predicted molar refractivity (Wildman–Crippen MR) is 98.4 cm³/mol. The molecule has 2 aliphatic heterocycles. The van der Waals surface area contributed by atoms with Crippen LogP contribution in [-0.4, -0.2) is 92.2 Å². The first-order chi connectivity index (χ1) is 12.2. The summed E-state index contributed by atoms with van der Waals surface area (Å²) in [5, 5.41) is 0. The minimum absolute atomic E-state index is 0.156. The smallest absolute Gasteiger partial charge is 0.236 e. The van der Waals surface area contributed by atoms with Gasteiger partial charge in [0.15, 0.2) is 0 Å². The van der Waals surface area contributed by atoms with Gasteiger partial charge in [-0.3, -0.25) is 14.6 Å². The van der Waals surface area contributed by atoms with Crippen molar-refractivity contribution in [3.63, 3.8) is 0 Å². The molecule has 1 atom stereocenters. The average Bonchev–Trinajstić information content (AvgIpc) is 2.65. The van der Waals surface area contributed by atoms with E-state index in [-0.39, 0.29) is 11.9 Å². The summed E-state index contributed by atoms with van der Waals surface area (Å²) in [5.74, 6) is 0.234. The maximum Gasteiger partial charge on any atom is 0.236 e. The van der Waals surface area contributed by atoms with Crippen molar-refractivity contribution < 1.29 is 9.53 Å². The van der Waals surface area contributed by atoms with Crippen molar-refractivity contribution in [3.8, 4) is 0 Å². The molecular formula is C19H30N4O2. The molecule has 0 aromatic heterocycles. The van der Waals surface area contributed by atoms with E-state index in [1.54, 1.807) is 0 Å². The van der Waals surface area contributed by atoms with Gasteiger partial charge in [-0.25, -0.2) is 0 Å². The number of ether oxygens (including phenoxy) is 1. The van der Waals surface area contributed by atoms with Crippen molar-refractivity contribution in [1.29, 1.82) is 0 Å². The molecule has 2 fully saturated rings. The van der Waals surface area contributed by atoms with E-state index in [4.69, 9.17) is 10.5 Å². The van der Waals surface area contributed by atoms with Gasteiger partial charge in [0.05, 0.1) is 19.8 Å². The second kappa shape index (κ2) is 9.29. The summed E-state index contributed by atoms with van der Waals surface area (Å²) in [6.45, 7) is 8.09. The van der Waals surface area contributed by atoms with Crippen LogP contribution in [0.15, 0.2) is 30.3 Å². The molecule has 0 radical (unpaired) electrons.